The predicted octanol–water partition coefficient (Wildman–Crippen LogP) is 2.48. The van der Waals surface area contributed by atoms with Gasteiger partial charge in [0.25, 0.3) is 11.5 Å². The van der Waals surface area contributed by atoms with Crippen LogP contribution in [0.3, 0.4) is 0 Å². The number of para-hydroxylation sites is 1. The molecule has 2 aromatic carbocycles. The van der Waals surface area contributed by atoms with Gasteiger partial charge < -0.3 is 5.32 Å². The molecular weight excluding hydrogens is 330 g/mol. The quantitative estimate of drug-likeness (QED) is 0.587. The average Bonchev–Trinajstić information content (AvgIpc) is 2.99. The Kier molecular flexibility index (Phi) is 3.28. The number of anilines is 1. The number of nitrogens with zero attached hydrogens (tertiary/aromatic N) is 3. The van der Waals surface area contributed by atoms with E-state index in [-0.39, 0.29) is 11.3 Å². The minimum absolute atomic E-state index is 0.0258. The number of carbonyl (C=O) groups excluding carboxylic acids is 1. The molecule has 4 rings (SSSR count). The number of carbonyl (C=O) groups is 1. The zero-order chi connectivity index (χ0) is 16.7. The van der Waals surface area contributed by atoms with E-state index in [4.69, 9.17) is 11.6 Å². The van der Waals surface area contributed by atoms with Crippen LogP contribution in [0.4, 0.5) is 5.69 Å². The summed E-state index contributed by atoms with van der Waals surface area (Å²) in [6, 6.07) is 13.7. The highest BCUT2D eigenvalue weighted by molar-refractivity contribution is 6.31. The monoisotopic (exact) mass is 339 g/mol. The molecular formula is C16H10ClN5O2. The van der Waals surface area contributed by atoms with Gasteiger partial charge in [0, 0.05) is 10.7 Å². The first-order valence-electron chi connectivity index (χ1n) is 7.06. The fourth-order valence-electron chi connectivity index (χ4n) is 2.49. The van der Waals surface area contributed by atoms with Gasteiger partial charge >= 0.3 is 0 Å². The lowest BCUT2D eigenvalue weighted by Gasteiger charge is -2.03. The van der Waals surface area contributed by atoms with Gasteiger partial charge in [0.05, 0.1) is 10.9 Å². The maximum absolute atomic E-state index is 12.5. The van der Waals surface area contributed by atoms with Crippen LogP contribution < -0.4 is 10.9 Å². The first-order valence-corrected chi connectivity index (χ1v) is 7.44. The summed E-state index contributed by atoms with van der Waals surface area (Å²) in [6.07, 6.45) is 0. The van der Waals surface area contributed by atoms with Crippen LogP contribution in [0.25, 0.3) is 16.6 Å². The van der Waals surface area contributed by atoms with Crippen molar-refractivity contribution in [3.8, 4) is 0 Å². The van der Waals surface area contributed by atoms with Crippen LogP contribution in [0.1, 0.15) is 10.5 Å². The Morgan fingerprint density at radius 2 is 2.00 bits per heavy atom. The van der Waals surface area contributed by atoms with Crippen molar-refractivity contribution in [3.05, 3.63) is 69.6 Å². The van der Waals surface area contributed by atoms with Gasteiger partial charge in [0.15, 0.2) is 11.3 Å². The molecule has 2 N–H and O–H groups in total. The van der Waals surface area contributed by atoms with Crippen LogP contribution in [0.15, 0.2) is 53.3 Å². The number of benzene rings is 2. The van der Waals surface area contributed by atoms with Crippen LogP contribution in [-0.2, 0) is 0 Å². The van der Waals surface area contributed by atoms with Crippen molar-refractivity contribution in [1.82, 2.24) is 19.8 Å². The molecule has 0 aliphatic heterocycles. The maximum Gasteiger partial charge on any atom is 0.281 e. The van der Waals surface area contributed by atoms with Crippen LogP contribution in [0.5, 0.6) is 0 Å². The summed E-state index contributed by atoms with van der Waals surface area (Å²) in [4.78, 5) is 28.6. The number of hydrogen-bond donors (Lipinski definition) is 2. The molecule has 0 bridgehead atoms. The number of rotatable bonds is 2. The van der Waals surface area contributed by atoms with Crippen LogP contribution >= 0.6 is 11.6 Å². The maximum atomic E-state index is 12.5. The second-order valence-electron chi connectivity index (χ2n) is 5.12. The van der Waals surface area contributed by atoms with E-state index < -0.39 is 11.5 Å². The topological polar surface area (TPSA) is 92.2 Å². The van der Waals surface area contributed by atoms with E-state index in [9.17, 15) is 9.59 Å². The van der Waals surface area contributed by atoms with Crippen molar-refractivity contribution < 1.29 is 4.79 Å². The number of nitrogens with one attached hydrogen (secondary N) is 2. The highest BCUT2D eigenvalue weighted by Crippen LogP contribution is 2.17. The summed E-state index contributed by atoms with van der Waals surface area (Å²) in [5, 5.41) is 10.3. The van der Waals surface area contributed by atoms with Crippen molar-refractivity contribution in [2.75, 3.05) is 5.32 Å². The number of aromatic nitrogens is 4. The molecule has 2 heterocycles. The van der Waals surface area contributed by atoms with Crippen molar-refractivity contribution in [2.24, 2.45) is 0 Å². The smallest absolute Gasteiger partial charge is 0.281 e. The number of halogens is 1. The van der Waals surface area contributed by atoms with E-state index in [0.717, 1.165) is 0 Å². The fraction of sp³-hybridized carbons (Fsp3) is 0. The molecule has 0 fully saturated rings. The lowest BCUT2D eigenvalue weighted by atomic mass is 10.2. The molecule has 0 saturated heterocycles. The van der Waals surface area contributed by atoms with Crippen LogP contribution in [0.2, 0.25) is 5.02 Å². The first kappa shape index (κ1) is 14.4. The van der Waals surface area contributed by atoms with Gasteiger partial charge in [-0.1, -0.05) is 29.8 Å². The van der Waals surface area contributed by atoms with Crippen molar-refractivity contribution in [2.45, 2.75) is 0 Å². The Hall–Kier alpha value is -3.19. The molecule has 24 heavy (non-hydrogen) atoms. The Morgan fingerprint density at radius 1 is 1.17 bits per heavy atom. The number of aromatic amines is 1. The molecule has 0 atom stereocenters. The molecule has 1 amide bonds. The first-order chi connectivity index (χ1) is 11.6. The molecule has 0 radical (unpaired) electrons. The third-order valence-corrected chi connectivity index (χ3v) is 3.80. The zero-order valence-corrected chi connectivity index (χ0v) is 12.9. The van der Waals surface area contributed by atoms with Gasteiger partial charge in [-0.3, -0.25) is 9.59 Å². The average molecular weight is 340 g/mol. The third kappa shape index (κ3) is 2.31. The largest absolute Gasteiger partial charge is 0.320 e. The molecule has 0 spiro atoms. The summed E-state index contributed by atoms with van der Waals surface area (Å²) >= 11 is 5.90. The summed E-state index contributed by atoms with van der Waals surface area (Å²) in [5.74, 6) is -0.488. The summed E-state index contributed by atoms with van der Waals surface area (Å²) in [5.41, 5.74) is 0.901. The van der Waals surface area contributed by atoms with E-state index in [1.165, 1.54) is 4.52 Å². The summed E-state index contributed by atoms with van der Waals surface area (Å²) in [6.45, 7) is 0. The molecule has 0 unspecified atom stereocenters. The summed E-state index contributed by atoms with van der Waals surface area (Å²) in [7, 11) is 0. The molecule has 8 heteroatoms. The Balaban J connectivity index is 1.83. The van der Waals surface area contributed by atoms with Crippen LogP contribution in [-0.4, -0.2) is 25.7 Å². The lowest BCUT2D eigenvalue weighted by Crippen LogP contribution is -2.15. The van der Waals surface area contributed by atoms with Crippen molar-refractivity contribution in [3.63, 3.8) is 0 Å². The van der Waals surface area contributed by atoms with E-state index in [1.54, 1.807) is 48.5 Å². The van der Waals surface area contributed by atoms with Crippen molar-refractivity contribution in [1.29, 1.82) is 0 Å². The van der Waals surface area contributed by atoms with Gasteiger partial charge in [-0.2, -0.15) is 4.98 Å². The Morgan fingerprint density at radius 3 is 2.83 bits per heavy atom. The number of H-pyrrole nitrogens is 1. The normalized spacial score (nSPS) is 11.0. The Labute approximate surface area is 139 Å². The number of fused-ring (bicyclic) bond motifs is 3. The van der Waals surface area contributed by atoms with E-state index in [0.29, 0.717) is 21.6 Å². The number of amides is 1. The SMILES string of the molecule is O=C(Nc1cccc(Cl)c1)c1n[nH]n2c1nc(=O)c1ccccc12. The van der Waals surface area contributed by atoms with Gasteiger partial charge in [-0.25, -0.2) is 9.73 Å². The predicted molar refractivity (Wildman–Crippen MR) is 90.5 cm³/mol. The molecule has 0 aliphatic rings. The minimum Gasteiger partial charge on any atom is -0.320 e. The van der Waals surface area contributed by atoms with E-state index >= 15 is 0 Å². The number of hydrogen-bond acceptors (Lipinski definition) is 4. The molecule has 0 aliphatic carbocycles. The zero-order valence-electron chi connectivity index (χ0n) is 12.2. The standard InChI is InChI=1S/C16H10ClN5O2/c17-9-4-3-5-10(8-9)18-16(24)13-14-19-15(23)11-6-1-2-7-12(11)22(14)21-20-13/h1-8,21H,(H,18,24). The second-order valence-corrected chi connectivity index (χ2v) is 5.55. The molecule has 2 aromatic heterocycles. The minimum atomic E-state index is -0.488. The highest BCUT2D eigenvalue weighted by atomic mass is 35.5. The summed E-state index contributed by atoms with van der Waals surface area (Å²) < 4.78 is 1.50. The van der Waals surface area contributed by atoms with Gasteiger partial charge in [-0.05, 0) is 30.3 Å². The van der Waals surface area contributed by atoms with Gasteiger partial charge in [0.2, 0.25) is 0 Å². The molecule has 7 nitrogen and oxygen atoms in total. The van der Waals surface area contributed by atoms with Gasteiger partial charge in [0.1, 0.15) is 0 Å². The van der Waals surface area contributed by atoms with E-state index in [2.05, 4.69) is 20.6 Å². The van der Waals surface area contributed by atoms with Crippen molar-refractivity contribution >= 4 is 39.7 Å². The molecule has 0 saturated carbocycles. The molecule has 4 aromatic rings. The Bertz CT molecular complexity index is 1150. The van der Waals surface area contributed by atoms with E-state index in [1.807, 2.05) is 0 Å². The highest BCUT2D eigenvalue weighted by Gasteiger charge is 2.18. The fourth-order valence-corrected chi connectivity index (χ4v) is 2.68. The van der Waals surface area contributed by atoms with Gasteiger partial charge in [-0.15, -0.1) is 5.10 Å². The molecule has 118 valence electrons. The van der Waals surface area contributed by atoms with Crippen LogP contribution in [0, 0.1) is 0 Å². The third-order valence-electron chi connectivity index (χ3n) is 3.57. The lowest BCUT2D eigenvalue weighted by molar-refractivity contribution is 0.102. The second kappa shape index (κ2) is 5.47.